The second-order valence-electron chi connectivity index (χ2n) is 7.35. The minimum Gasteiger partial charge on any atom is -0.744 e. The fourth-order valence-electron chi connectivity index (χ4n) is 3.68. The van der Waals surface area contributed by atoms with Crippen molar-refractivity contribution in [2.45, 2.75) is 18.2 Å². The zero-order valence-electron chi connectivity index (χ0n) is 18.3. The van der Waals surface area contributed by atoms with Gasteiger partial charge in [0.05, 0.1) is 27.4 Å². The fraction of sp³-hybridized carbons (Fsp3) is 0.0870. The molecule has 1 aliphatic carbocycles. The third-order valence-corrected chi connectivity index (χ3v) is 6.09. The fourth-order valence-corrected chi connectivity index (χ4v) is 4.31. The first kappa shape index (κ1) is 25.6. The number of carbonyl (C=O) groups is 3. The molecular formula is C23H18N3NaO6S. The predicted octanol–water partition coefficient (Wildman–Crippen LogP) is 0.0444. The van der Waals surface area contributed by atoms with E-state index in [9.17, 15) is 27.4 Å². The van der Waals surface area contributed by atoms with Crippen LogP contribution in [0.15, 0.2) is 59.5 Å². The quantitative estimate of drug-likeness (QED) is 0.202. The van der Waals surface area contributed by atoms with E-state index in [1.165, 1.54) is 12.1 Å². The van der Waals surface area contributed by atoms with Gasteiger partial charge in [-0.15, -0.1) is 0 Å². The number of anilines is 4. The van der Waals surface area contributed by atoms with E-state index >= 15 is 0 Å². The molecule has 0 bridgehead atoms. The Hall–Kier alpha value is -3.02. The SMILES string of the molecule is CCC(=O)Nc1cccc(Nc2cc(S(=O)(=O)[O-])c(N)c3c2C(=O)c2ccccc2C3=O)c1.[Na+]. The summed E-state index contributed by atoms with van der Waals surface area (Å²) in [7, 11) is -5.06. The Labute approximate surface area is 217 Å². The summed E-state index contributed by atoms with van der Waals surface area (Å²) in [5.74, 6) is -1.41. The number of fused-ring (bicyclic) bond motifs is 2. The second-order valence-corrected chi connectivity index (χ2v) is 8.70. The van der Waals surface area contributed by atoms with Gasteiger partial charge in [-0.05, 0) is 24.3 Å². The van der Waals surface area contributed by atoms with E-state index in [1.807, 2.05) is 0 Å². The largest absolute Gasteiger partial charge is 1.00 e. The number of rotatable bonds is 5. The van der Waals surface area contributed by atoms with E-state index < -0.39 is 32.3 Å². The summed E-state index contributed by atoms with van der Waals surface area (Å²) < 4.78 is 35.6. The number of hydrogen-bond acceptors (Lipinski definition) is 8. The molecule has 168 valence electrons. The van der Waals surface area contributed by atoms with Crippen LogP contribution in [0.1, 0.15) is 45.2 Å². The van der Waals surface area contributed by atoms with E-state index in [2.05, 4.69) is 10.6 Å². The van der Waals surface area contributed by atoms with E-state index in [1.54, 1.807) is 43.3 Å². The topological polar surface area (TPSA) is 158 Å². The molecule has 4 N–H and O–H groups in total. The van der Waals surface area contributed by atoms with Gasteiger partial charge in [0, 0.05) is 28.9 Å². The van der Waals surface area contributed by atoms with Gasteiger partial charge in [-0.25, -0.2) is 8.42 Å². The zero-order chi connectivity index (χ0) is 23.9. The van der Waals surface area contributed by atoms with Gasteiger partial charge in [0.25, 0.3) is 0 Å². The van der Waals surface area contributed by atoms with Crippen molar-refractivity contribution in [3.63, 3.8) is 0 Å². The summed E-state index contributed by atoms with van der Waals surface area (Å²) >= 11 is 0. The van der Waals surface area contributed by atoms with E-state index in [0.29, 0.717) is 11.4 Å². The summed E-state index contributed by atoms with van der Waals surface area (Å²) in [5.41, 5.74) is 5.86. The first-order valence-electron chi connectivity index (χ1n) is 9.89. The van der Waals surface area contributed by atoms with Crippen molar-refractivity contribution in [1.29, 1.82) is 0 Å². The van der Waals surface area contributed by atoms with Gasteiger partial charge < -0.3 is 20.9 Å². The Morgan fingerprint density at radius 3 is 2.12 bits per heavy atom. The van der Waals surface area contributed by atoms with Gasteiger partial charge in [0.15, 0.2) is 11.6 Å². The standard InChI is InChI=1S/C23H19N3O6S.Na/c1-2-18(27)26-13-7-5-6-12(10-13)25-16-11-17(33(30,31)32)21(24)20-19(16)22(28)14-8-3-4-9-15(14)23(20)29;/h3-11,25H,2,24H2,1H3,(H,26,27)(H,30,31,32);/q;+1/p-1. The number of amides is 1. The normalized spacial score (nSPS) is 12.3. The van der Waals surface area contributed by atoms with Crippen molar-refractivity contribution >= 4 is 50.3 Å². The molecule has 0 saturated carbocycles. The van der Waals surface area contributed by atoms with E-state index in [-0.39, 0.29) is 69.8 Å². The maximum absolute atomic E-state index is 13.3. The van der Waals surface area contributed by atoms with Gasteiger partial charge in [-0.2, -0.15) is 0 Å². The van der Waals surface area contributed by atoms with Crippen LogP contribution in [-0.2, 0) is 14.9 Å². The number of carbonyl (C=O) groups excluding carboxylic acids is 3. The van der Waals surface area contributed by atoms with E-state index in [4.69, 9.17) is 5.73 Å². The third kappa shape index (κ3) is 4.63. The molecule has 3 aromatic rings. The van der Waals surface area contributed by atoms with Crippen molar-refractivity contribution in [2.24, 2.45) is 0 Å². The molecule has 0 aromatic heterocycles. The summed E-state index contributed by atoms with van der Waals surface area (Å²) in [6.07, 6.45) is 0.268. The predicted molar refractivity (Wildman–Crippen MR) is 121 cm³/mol. The number of nitrogens with two attached hydrogens (primary N) is 1. The Balaban J connectivity index is 0.00000324. The Bertz CT molecular complexity index is 1450. The van der Waals surface area contributed by atoms with Crippen LogP contribution in [0.2, 0.25) is 0 Å². The maximum atomic E-state index is 13.3. The number of nitrogens with one attached hydrogen (secondary N) is 2. The van der Waals surface area contributed by atoms with Gasteiger partial charge in [-0.3, -0.25) is 14.4 Å². The summed E-state index contributed by atoms with van der Waals surface area (Å²) in [6.45, 7) is 1.70. The van der Waals surface area contributed by atoms with Crippen LogP contribution < -0.4 is 45.9 Å². The molecular weight excluding hydrogens is 469 g/mol. The summed E-state index contributed by atoms with van der Waals surface area (Å²) in [4.78, 5) is 37.4. The minimum atomic E-state index is -5.06. The maximum Gasteiger partial charge on any atom is 1.00 e. The number of hydrogen-bond donors (Lipinski definition) is 3. The van der Waals surface area contributed by atoms with Crippen LogP contribution in [-0.4, -0.2) is 30.4 Å². The molecule has 4 rings (SSSR count). The smallest absolute Gasteiger partial charge is 0.744 e. The molecule has 3 aromatic carbocycles. The molecule has 0 unspecified atom stereocenters. The van der Waals surface area contributed by atoms with Crippen LogP contribution >= 0.6 is 0 Å². The first-order valence-corrected chi connectivity index (χ1v) is 11.3. The summed E-state index contributed by atoms with van der Waals surface area (Å²) in [5, 5.41) is 5.59. The molecule has 0 heterocycles. The average Bonchev–Trinajstić information content (AvgIpc) is 2.77. The number of nitrogen functional groups attached to an aromatic ring is 1. The van der Waals surface area contributed by atoms with E-state index in [0.717, 1.165) is 6.07 Å². The van der Waals surface area contributed by atoms with Crippen LogP contribution in [0.5, 0.6) is 0 Å². The molecule has 0 atom stereocenters. The molecule has 0 radical (unpaired) electrons. The van der Waals surface area contributed by atoms with Crippen molar-refractivity contribution in [2.75, 3.05) is 16.4 Å². The molecule has 0 spiro atoms. The molecule has 11 heteroatoms. The van der Waals surface area contributed by atoms with Crippen molar-refractivity contribution in [3.05, 3.63) is 76.9 Å². The molecule has 34 heavy (non-hydrogen) atoms. The Kier molecular flexibility index (Phi) is 7.29. The van der Waals surface area contributed by atoms with Gasteiger partial charge in [0.2, 0.25) is 5.91 Å². The van der Waals surface area contributed by atoms with Gasteiger partial charge in [-0.1, -0.05) is 37.3 Å². The molecule has 0 aliphatic heterocycles. The van der Waals surface area contributed by atoms with Crippen LogP contribution in [0.3, 0.4) is 0 Å². The first-order chi connectivity index (χ1) is 15.6. The number of benzene rings is 3. The second kappa shape index (κ2) is 9.69. The van der Waals surface area contributed by atoms with Crippen LogP contribution in [0.4, 0.5) is 22.7 Å². The molecule has 1 amide bonds. The number of ketones is 2. The van der Waals surface area contributed by atoms with Crippen molar-refractivity contribution in [1.82, 2.24) is 0 Å². The average molecular weight is 487 g/mol. The Morgan fingerprint density at radius 1 is 0.941 bits per heavy atom. The van der Waals surface area contributed by atoms with Crippen molar-refractivity contribution < 1.29 is 56.9 Å². The monoisotopic (exact) mass is 487 g/mol. The third-order valence-electron chi connectivity index (χ3n) is 5.22. The summed E-state index contributed by atoms with van der Waals surface area (Å²) in [6, 6.07) is 13.5. The van der Waals surface area contributed by atoms with Crippen LogP contribution in [0, 0.1) is 0 Å². The zero-order valence-corrected chi connectivity index (χ0v) is 21.2. The Morgan fingerprint density at radius 2 is 1.53 bits per heavy atom. The minimum absolute atomic E-state index is 0. The van der Waals surface area contributed by atoms with Crippen molar-refractivity contribution in [3.8, 4) is 0 Å². The van der Waals surface area contributed by atoms with Crippen LogP contribution in [0.25, 0.3) is 0 Å². The molecule has 1 aliphatic rings. The van der Waals surface area contributed by atoms with Gasteiger partial charge >= 0.3 is 29.6 Å². The molecule has 0 saturated heterocycles. The molecule has 9 nitrogen and oxygen atoms in total. The molecule has 0 fully saturated rings. The van der Waals surface area contributed by atoms with Gasteiger partial charge in [0.1, 0.15) is 10.1 Å².